The van der Waals surface area contributed by atoms with Gasteiger partial charge in [0.25, 0.3) is 0 Å². The largest absolute Gasteiger partial charge is 0.358 e. The summed E-state index contributed by atoms with van der Waals surface area (Å²) in [5.74, 6) is 6.73. The second kappa shape index (κ2) is 2.15. The predicted molar refractivity (Wildman–Crippen MR) is 44.0 cm³/mol. The molecule has 60 valence electrons. The maximum absolute atomic E-state index is 5.66. The lowest BCUT2D eigenvalue weighted by Gasteiger charge is -2.24. The predicted octanol–water partition coefficient (Wildman–Crippen LogP) is -0.0207. The van der Waals surface area contributed by atoms with Gasteiger partial charge < -0.3 is 10.7 Å². The molecule has 1 aliphatic rings. The zero-order valence-electron chi connectivity index (χ0n) is 6.62. The summed E-state index contributed by atoms with van der Waals surface area (Å²) in [6, 6.07) is 0. The summed E-state index contributed by atoms with van der Waals surface area (Å²) < 4.78 is 1.59. The van der Waals surface area contributed by atoms with Crippen molar-refractivity contribution in [1.29, 1.82) is 0 Å². The summed E-state index contributed by atoms with van der Waals surface area (Å²) in [4.78, 5) is 6.35. The summed E-state index contributed by atoms with van der Waals surface area (Å²) in [7, 11) is 2.04. The van der Waals surface area contributed by atoms with Crippen LogP contribution in [0.5, 0.6) is 0 Å². The van der Waals surface area contributed by atoms with Crippen molar-refractivity contribution < 1.29 is 0 Å². The first kappa shape index (κ1) is 6.52. The van der Waals surface area contributed by atoms with Crippen LogP contribution in [-0.4, -0.2) is 23.3 Å². The highest BCUT2D eigenvalue weighted by Gasteiger charge is 2.17. The molecule has 0 radical (unpaired) electrons. The van der Waals surface area contributed by atoms with E-state index in [1.807, 2.05) is 7.05 Å². The van der Waals surface area contributed by atoms with Crippen LogP contribution in [0.15, 0.2) is 6.33 Å². The van der Waals surface area contributed by atoms with Crippen LogP contribution in [0, 0.1) is 0 Å². The SMILES string of the molecule is CN1CCCc2ncn(N)c21. The van der Waals surface area contributed by atoms with E-state index in [9.17, 15) is 0 Å². The zero-order chi connectivity index (χ0) is 7.84. The smallest absolute Gasteiger partial charge is 0.150 e. The number of hydrogen-bond acceptors (Lipinski definition) is 3. The number of aromatic nitrogens is 2. The maximum Gasteiger partial charge on any atom is 0.150 e. The first-order valence-electron chi connectivity index (χ1n) is 3.81. The van der Waals surface area contributed by atoms with E-state index in [0.29, 0.717) is 0 Å². The molecule has 0 aromatic carbocycles. The molecule has 1 aliphatic heterocycles. The van der Waals surface area contributed by atoms with E-state index in [1.165, 1.54) is 6.42 Å². The van der Waals surface area contributed by atoms with E-state index in [0.717, 1.165) is 24.5 Å². The van der Waals surface area contributed by atoms with Crippen molar-refractivity contribution in [2.24, 2.45) is 0 Å². The Bertz CT molecular complexity index is 265. The molecular weight excluding hydrogens is 140 g/mol. The van der Waals surface area contributed by atoms with E-state index in [4.69, 9.17) is 5.84 Å². The fourth-order valence-electron chi connectivity index (χ4n) is 1.58. The third-order valence-electron chi connectivity index (χ3n) is 2.11. The molecule has 0 atom stereocenters. The van der Waals surface area contributed by atoms with Crippen molar-refractivity contribution >= 4 is 5.82 Å². The number of anilines is 1. The van der Waals surface area contributed by atoms with Gasteiger partial charge in [-0.3, -0.25) is 0 Å². The van der Waals surface area contributed by atoms with Crippen LogP contribution in [0.2, 0.25) is 0 Å². The summed E-state index contributed by atoms with van der Waals surface area (Å²) in [6.45, 7) is 1.08. The summed E-state index contributed by atoms with van der Waals surface area (Å²) in [5.41, 5.74) is 1.13. The van der Waals surface area contributed by atoms with Crippen molar-refractivity contribution in [2.75, 3.05) is 24.3 Å². The van der Waals surface area contributed by atoms with Gasteiger partial charge in [-0.05, 0) is 12.8 Å². The minimum atomic E-state index is 1.06. The van der Waals surface area contributed by atoms with Crippen LogP contribution < -0.4 is 10.7 Å². The number of fused-ring (bicyclic) bond motifs is 1. The molecule has 4 heteroatoms. The van der Waals surface area contributed by atoms with Gasteiger partial charge >= 0.3 is 0 Å². The molecule has 0 bridgehead atoms. The van der Waals surface area contributed by atoms with Gasteiger partial charge in [0, 0.05) is 13.6 Å². The van der Waals surface area contributed by atoms with Crippen LogP contribution >= 0.6 is 0 Å². The van der Waals surface area contributed by atoms with Crippen molar-refractivity contribution in [3.05, 3.63) is 12.0 Å². The molecule has 2 rings (SSSR count). The standard InChI is InChI=1S/C7H12N4/c1-10-4-2-3-6-7(10)11(8)5-9-6/h5H,2-4,8H2,1H3. The normalized spacial score (nSPS) is 16.6. The Morgan fingerprint density at radius 2 is 2.45 bits per heavy atom. The highest BCUT2D eigenvalue weighted by atomic mass is 15.4. The lowest BCUT2D eigenvalue weighted by molar-refractivity contribution is 0.715. The molecule has 11 heavy (non-hydrogen) atoms. The lowest BCUT2D eigenvalue weighted by Crippen LogP contribution is -2.28. The van der Waals surface area contributed by atoms with Crippen LogP contribution in [-0.2, 0) is 6.42 Å². The minimum Gasteiger partial charge on any atom is -0.358 e. The highest BCUT2D eigenvalue weighted by Crippen LogP contribution is 2.22. The van der Waals surface area contributed by atoms with Crippen LogP contribution in [0.4, 0.5) is 5.82 Å². The Morgan fingerprint density at radius 1 is 1.64 bits per heavy atom. The van der Waals surface area contributed by atoms with Gasteiger partial charge in [0.15, 0.2) is 5.82 Å². The van der Waals surface area contributed by atoms with Gasteiger partial charge in [0.2, 0.25) is 0 Å². The summed E-state index contributed by atoms with van der Waals surface area (Å²) >= 11 is 0. The Morgan fingerprint density at radius 3 is 3.18 bits per heavy atom. The van der Waals surface area contributed by atoms with Crippen molar-refractivity contribution in [3.63, 3.8) is 0 Å². The molecule has 1 aromatic rings. The van der Waals surface area contributed by atoms with Gasteiger partial charge in [0.1, 0.15) is 6.33 Å². The maximum atomic E-state index is 5.66. The Hall–Kier alpha value is -1.19. The third kappa shape index (κ3) is 0.859. The first-order valence-corrected chi connectivity index (χ1v) is 3.81. The van der Waals surface area contributed by atoms with Crippen molar-refractivity contribution in [3.8, 4) is 0 Å². The van der Waals surface area contributed by atoms with Gasteiger partial charge in [-0.2, -0.15) is 0 Å². The molecule has 0 amide bonds. The van der Waals surface area contributed by atoms with E-state index in [1.54, 1.807) is 11.0 Å². The van der Waals surface area contributed by atoms with E-state index >= 15 is 0 Å². The average molecular weight is 152 g/mol. The summed E-state index contributed by atoms with van der Waals surface area (Å²) in [6.07, 6.45) is 3.91. The Balaban J connectivity index is 2.48. The number of imidazole rings is 1. The van der Waals surface area contributed by atoms with E-state index < -0.39 is 0 Å². The molecule has 0 fully saturated rings. The zero-order valence-corrected chi connectivity index (χ0v) is 6.62. The highest BCUT2D eigenvalue weighted by molar-refractivity contribution is 5.46. The van der Waals surface area contributed by atoms with Gasteiger partial charge in [0.05, 0.1) is 5.69 Å². The van der Waals surface area contributed by atoms with Gasteiger partial charge in [-0.15, -0.1) is 0 Å². The van der Waals surface area contributed by atoms with Crippen LogP contribution in [0.1, 0.15) is 12.1 Å². The Labute approximate surface area is 65.6 Å². The number of aryl methyl sites for hydroxylation is 1. The molecule has 4 nitrogen and oxygen atoms in total. The van der Waals surface area contributed by atoms with E-state index in [2.05, 4.69) is 9.88 Å². The molecule has 0 aliphatic carbocycles. The van der Waals surface area contributed by atoms with Crippen molar-refractivity contribution in [2.45, 2.75) is 12.8 Å². The fourth-order valence-corrected chi connectivity index (χ4v) is 1.58. The topological polar surface area (TPSA) is 47.1 Å². The van der Waals surface area contributed by atoms with Gasteiger partial charge in [-0.1, -0.05) is 0 Å². The van der Waals surface area contributed by atoms with Gasteiger partial charge in [-0.25, -0.2) is 9.66 Å². The molecule has 1 aromatic heterocycles. The Kier molecular flexibility index (Phi) is 1.27. The molecule has 2 heterocycles. The molecule has 0 unspecified atom stereocenters. The fraction of sp³-hybridized carbons (Fsp3) is 0.571. The average Bonchev–Trinajstić information content (AvgIpc) is 2.34. The first-order chi connectivity index (χ1) is 5.29. The molecule has 0 spiro atoms. The number of hydrogen-bond donors (Lipinski definition) is 1. The molecule has 0 saturated carbocycles. The molecule has 2 N–H and O–H groups in total. The third-order valence-corrected chi connectivity index (χ3v) is 2.11. The minimum absolute atomic E-state index is 1.06. The second-order valence-electron chi connectivity index (χ2n) is 2.95. The monoisotopic (exact) mass is 152 g/mol. The van der Waals surface area contributed by atoms with Crippen molar-refractivity contribution in [1.82, 2.24) is 9.66 Å². The molecule has 0 saturated heterocycles. The second-order valence-corrected chi connectivity index (χ2v) is 2.95. The number of nitrogens with zero attached hydrogens (tertiary/aromatic N) is 3. The molecular formula is C7H12N4. The van der Waals surface area contributed by atoms with Crippen LogP contribution in [0.25, 0.3) is 0 Å². The summed E-state index contributed by atoms with van der Waals surface area (Å²) in [5, 5.41) is 0. The lowest BCUT2D eigenvalue weighted by atomic mass is 10.1. The number of nitrogens with two attached hydrogens (primary N) is 1. The van der Waals surface area contributed by atoms with E-state index in [-0.39, 0.29) is 0 Å². The quantitative estimate of drug-likeness (QED) is 0.531. The van der Waals surface area contributed by atoms with Crippen LogP contribution in [0.3, 0.4) is 0 Å². The number of rotatable bonds is 0. The number of nitrogen functional groups attached to an aromatic ring is 1.